The Morgan fingerprint density at radius 1 is 1.00 bits per heavy atom. The second-order valence-corrected chi connectivity index (χ2v) is 6.22. The van der Waals surface area contributed by atoms with E-state index in [-0.39, 0.29) is 17.4 Å². The zero-order valence-electron chi connectivity index (χ0n) is 13.3. The van der Waals surface area contributed by atoms with Gasteiger partial charge in [0, 0.05) is 6.04 Å². The lowest BCUT2D eigenvalue weighted by Crippen LogP contribution is -2.33. The Labute approximate surface area is 143 Å². The van der Waals surface area contributed by atoms with Crippen molar-refractivity contribution in [2.24, 2.45) is 5.92 Å². The molecule has 0 radical (unpaired) electrons. The number of aliphatic carboxylic acids is 1. The number of carboxylic acids is 1. The average Bonchev–Trinajstić information content (AvgIpc) is 3.04. The third-order valence-corrected chi connectivity index (χ3v) is 4.51. The average molecular weight is 345 g/mol. The highest BCUT2D eigenvalue weighted by Crippen LogP contribution is 2.27. The number of carbonyl (C=O) groups excluding carboxylic acids is 1. The molecule has 1 aliphatic rings. The quantitative estimate of drug-likeness (QED) is 0.889. The van der Waals surface area contributed by atoms with E-state index >= 15 is 0 Å². The van der Waals surface area contributed by atoms with Gasteiger partial charge in [-0.05, 0) is 54.7 Å². The van der Waals surface area contributed by atoms with Crippen molar-refractivity contribution in [3.63, 3.8) is 0 Å². The van der Waals surface area contributed by atoms with Crippen LogP contribution in [-0.2, 0) is 4.79 Å². The summed E-state index contributed by atoms with van der Waals surface area (Å²) in [6, 6.07) is 9.59. The van der Waals surface area contributed by atoms with Crippen LogP contribution in [0.5, 0.6) is 0 Å². The van der Waals surface area contributed by atoms with E-state index in [9.17, 15) is 18.4 Å². The SMILES string of the molecule is O=C(N[C@@H]1CC[C@H](C(=O)O)C1)c1ccc(-c2ccc(F)cc2)cc1F. The fourth-order valence-electron chi connectivity index (χ4n) is 3.12. The molecule has 2 atom stereocenters. The summed E-state index contributed by atoms with van der Waals surface area (Å²) in [7, 11) is 0. The lowest BCUT2D eigenvalue weighted by molar-refractivity contribution is -0.141. The standard InChI is InChI=1S/C19H17F2NO3/c20-14-5-1-11(2-6-14)12-4-8-16(17(21)10-12)18(23)22-15-7-3-13(9-15)19(24)25/h1-2,4-6,8,10,13,15H,3,7,9H2,(H,22,23)(H,24,25)/t13-,15+/m0/s1. The molecular formula is C19H17F2NO3. The van der Waals surface area contributed by atoms with Crippen molar-refractivity contribution < 1.29 is 23.5 Å². The number of hydrogen-bond donors (Lipinski definition) is 2. The number of carbonyl (C=O) groups is 2. The molecule has 0 aliphatic heterocycles. The van der Waals surface area contributed by atoms with Crippen molar-refractivity contribution in [1.82, 2.24) is 5.32 Å². The van der Waals surface area contributed by atoms with E-state index in [0.29, 0.717) is 30.4 Å². The Balaban J connectivity index is 1.71. The number of amides is 1. The molecule has 2 N–H and O–H groups in total. The van der Waals surface area contributed by atoms with Gasteiger partial charge in [0.05, 0.1) is 11.5 Å². The monoisotopic (exact) mass is 345 g/mol. The fourth-order valence-corrected chi connectivity index (χ4v) is 3.12. The third kappa shape index (κ3) is 3.84. The van der Waals surface area contributed by atoms with Crippen LogP contribution in [0.4, 0.5) is 8.78 Å². The molecule has 0 bridgehead atoms. The molecule has 0 spiro atoms. The zero-order chi connectivity index (χ0) is 18.0. The van der Waals surface area contributed by atoms with Crippen molar-refractivity contribution in [3.8, 4) is 11.1 Å². The van der Waals surface area contributed by atoms with E-state index in [4.69, 9.17) is 5.11 Å². The predicted molar refractivity (Wildman–Crippen MR) is 88.0 cm³/mol. The second-order valence-electron chi connectivity index (χ2n) is 6.22. The number of carboxylic acid groups (broad SMARTS) is 1. The normalized spacial score (nSPS) is 19.6. The van der Waals surface area contributed by atoms with Gasteiger partial charge in [0.25, 0.3) is 5.91 Å². The summed E-state index contributed by atoms with van der Waals surface area (Å²) in [5.74, 6) is -2.94. The highest BCUT2D eigenvalue weighted by Gasteiger charge is 2.31. The topological polar surface area (TPSA) is 66.4 Å². The van der Waals surface area contributed by atoms with Crippen LogP contribution in [0.3, 0.4) is 0 Å². The summed E-state index contributed by atoms with van der Waals surface area (Å²) < 4.78 is 27.3. The van der Waals surface area contributed by atoms with Crippen LogP contribution in [-0.4, -0.2) is 23.0 Å². The summed E-state index contributed by atoms with van der Waals surface area (Å²) in [6.45, 7) is 0. The molecule has 6 heteroatoms. The van der Waals surface area contributed by atoms with E-state index in [2.05, 4.69) is 5.32 Å². The van der Waals surface area contributed by atoms with E-state index in [1.807, 2.05) is 0 Å². The first-order valence-electron chi connectivity index (χ1n) is 8.03. The number of nitrogens with one attached hydrogen (secondary N) is 1. The minimum absolute atomic E-state index is 0.0929. The Kier molecular flexibility index (Phi) is 4.79. The Morgan fingerprint density at radius 2 is 1.68 bits per heavy atom. The zero-order valence-corrected chi connectivity index (χ0v) is 13.3. The summed E-state index contributed by atoms with van der Waals surface area (Å²) in [5, 5.41) is 11.7. The van der Waals surface area contributed by atoms with Gasteiger partial charge >= 0.3 is 5.97 Å². The van der Waals surface area contributed by atoms with Crippen molar-refractivity contribution in [2.75, 3.05) is 0 Å². The summed E-state index contributed by atoms with van der Waals surface area (Å²) >= 11 is 0. The van der Waals surface area contributed by atoms with Gasteiger partial charge in [-0.25, -0.2) is 8.78 Å². The molecule has 1 fully saturated rings. The Hall–Kier alpha value is -2.76. The van der Waals surface area contributed by atoms with Gasteiger partial charge < -0.3 is 10.4 Å². The first-order valence-corrected chi connectivity index (χ1v) is 8.03. The largest absolute Gasteiger partial charge is 0.481 e. The molecule has 0 unspecified atom stereocenters. The second kappa shape index (κ2) is 7.01. The van der Waals surface area contributed by atoms with Crippen molar-refractivity contribution in [1.29, 1.82) is 0 Å². The molecule has 1 amide bonds. The van der Waals surface area contributed by atoms with Crippen LogP contribution in [0.25, 0.3) is 11.1 Å². The molecule has 130 valence electrons. The molecule has 4 nitrogen and oxygen atoms in total. The van der Waals surface area contributed by atoms with E-state index in [1.165, 1.54) is 36.4 Å². The molecule has 3 rings (SSSR count). The molecular weight excluding hydrogens is 328 g/mol. The van der Waals surface area contributed by atoms with Crippen LogP contribution in [0.15, 0.2) is 42.5 Å². The van der Waals surface area contributed by atoms with Gasteiger partial charge in [0.1, 0.15) is 11.6 Å². The molecule has 0 saturated heterocycles. The lowest BCUT2D eigenvalue weighted by atomic mass is 10.0. The first-order chi connectivity index (χ1) is 11.9. The fraction of sp³-hybridized carbons (Fsp3) is 0.263. The van der Waals surface area contributed by atoms with E-state index in [0.717, 1.165) is 0 Å². The number of benzene rings is 2. The van der Waals surface area contributed by atoms with Gasteiger partial charge in [-0.1, -0.05) is 18.2 Å². The van der Waals surface area contributed by atoms with Crippen molar-refractivity contribution >= 4 is 11.9 Å². The minimum Gasteiger partial charge on any atom is -0.481 e. The van der Waals surface area contributed by atoms with E-state index in [1.54, 1.807) is 6.07 Å². The predicted octanol–water partition coefficient (Wildman–Crippen LogP) is 3.61. The molecule has 1 aliphatic carbocycles. The van der Waals surface area contributed by atoms with Crippen molar-refractivity contribution in [3.05, 3.63) is 59.7 Å². The van der Waals surface area contributed by atoms with Gasteiger partial charge in [0.2, 0.25) is 0 Å². The summed E-state index contributed by atoms with van der Waals surface area (Å²) in [4.78, 5) is 23.2. The maximum absolute atomic E-state index is 14.3. The van der Waals surface area contributed by atoms with Crippen LogP contribution in [0, 0.1) is 17.6 Å². The number of rotatable bonds is 4. The van der Waals surface area contributed by atoms with Crippen LogP contribution in [0.2, 0.25) is 0 Å². The smallest absolute Gasteiger partial charge is 0.306 e. The van der Waals surface area contributed by atoms with Gasteiger partial charge in [-0.2, -0.15) is 0 Å². The Morgan fingerprint density at radius 3 is 2.28 bits per heavy atom. The van der Waals surface area contributed by atoms with Gasteiger partial charge in [-0.15, -0.1) is 0 Å². The van der Waals surface area contributed by atoms with Crippen LogP contribution in [0.1, 0.15) is 29.6 Å². The maximum Gasteiger partial charge on any atom is 0.306 e. The summed E-state index contributed by atoms with van der Waals surface area (Å²) in [5.41, 5.74) is 1.10. The lowest BCUT2D eigenvalue weighted by Gasteiger charge is -2.13. The number of hydrogen-bond acceptors (Lipinski definition) is 2. The highest BCUT2D eigenvalue weighted by atomic mass is 19.1. The first kappa shape index (κ1) is 17.1. The molecule has 0 heterocycles. The minimum atomic E-state index is -0.869. The van der Waals surface area contributed by atoms with Crippen LogP contribution < -0.4 is 5.32 Å². The van der Waals surface area contributed by atoms with Gasteiger partial charge in [-0.3, -0.25) is 9.59 Å². The summed E-state index contributed by atoms with van der Waals surface area (Å²) in [6.07, 6.45) is 1.43. The molecule has 1 saturated carbocycles. The third-order valence-electron chi connectivity index (χ3n) is 4.51. The van der Waals surface area contributed by atoms with Crippen molar-refractivity contribution in [2.45, 2.75) is 25.3 Å². The molecule has 2 aromatic carbocycles. The van der Waals surface area contributed by atoms with E-state index < -0.39 is 23.6 Å². The molecule has 25 heavy (non-hydrogen) atoms. The highest BCUT2D eigenvalue weighted by molar-refractivity contribution is 5.95. The number of halogens is 2. The molecule has 0 aromatic heterocycles. The van der Waals surface area contributed by atoms with Gasteiger partial charge in [0.15, 0.2) is 0 Å². The van der Waals surface area contributed by atoms with Crippen LogP contribution >= 0.6 is 0 Å². The Bertz CT molecular complexity index is 805. The maximum atomic E-state index is 14.3. The molecule has 2 aromatic rings.